The van der Waals surface area contributed by atoms with Crippen molar-refractivity contribution in [1.82, 2.24) is 4.90 Å². The molecule has 1 aromatic carbocycles. The highest BCUT2D eigenvalue weighted by Gasteiger charge is 2.32. The van der Waals surface area contributed by atoms with E-state index in [1.807, 2.05) is 37.3 Å². The Morgan fingerprint density at radius 2 is 1.84 bits per heavy atom. The van der Waals surface area contributed by atoms with Crippen molar-refractivity contribution in [2.24, 2.45) is 0 Å². The van der Waals surface area contributed by atoms with Gasteiger partial charge in [0.1, 0.15) is 6.54 Å². The number of alkyl halides is 3. The number of nitrogens with zero attached hydrogens (tertiary/aromatic N) is 1. The lowest BCUT2D eigenvalue weighted by Crippen LogP contribution is -2.39. The molecule has 2 nitrogen and oxygen atoms in total. The molecule has 106 valence electrons. The van der Waals surface area contributed by atoms with Gasteiger partial charge < -0.3 is 4.90 Å². The van der Waals surface area contributed by atoms with Crippen LogP contribution in [0.2, 0.25) is 0 Å². The standard InChI is InChI=1S/C14H18F3NO/c1-3-18(10-14(15,16)17)13(19)9-11(2)12-7-5-4-6-8-12/h4-8,11H,3,9-10H2,1-2H3. The third-order valence-electron chi connectivity index (χ3n) is 2.95. The maximum absolute atomic E-state index is 12.3. The predicted molar refractivity (Wildman–Crippen MR) is 67.8 cm³/mol. The van der Waals surface area contributed by atoms with Gasteiger partial charge in [-0.15, -0.1) is 0 Å². The van der Waals surface area contributed by atoms with E-state index in [1.54, 1.807) is 6.92 Å². The van der Waals surface area contributed by atoms with Crippen LogP contribution in [0.3, 0.4) is 0 Å². The number of amides is 1. The van der Waals surface area contributed by atoms with Crippen molar-refractivity contribution >= 4 is 5.91 Å². The summed E-state index contributed by atoms with van der Waals surface area (Å²) >= 11 is 0. The molecule has 1 unspecified atom stereocenters. The Kier molecular flexibility index (Phi) is 5.39. The first-order valence-electron chi connectivity index (χ1n) is 6.23. The molecular weight excluding hydrogens is 255 g/mol. The molecule has 0 N–H and O–H groups in total. The van der Waals surface area contributed by atoms with Crippen molar-refractivity contribution in [2.45, 2.75) is 32.4 Å². The molecule has 0 bridgehead atoms. The summed E-state index contributed by atoms with van der Waals surface area (Å²) in [6.45, 7) is 2.29. The first-order chi connectivity index (χ1) is 8.83. The van der Waals surface area contributed by atoms with E-state index < -0.39 is 18.6 Å². The minimum atomic E-state index is -4.35. The Morgan fingerprint density at radius 1 is 1.26 bits per heavy atom. The van der Waals surface area contributed by atoms with Gasteiger partial charge in [-0.25, -0.2) is 0 Å². The van der Waals surface area contributed by atoms with Crippen molar-refractivity contribution in [3.63, 3.8) is 0 Å². The summed E-state index contributed by atoms with van der Waals surface area (Å²) in [6, 6.07) is 9.31. The first kappa shape index (κ1) is 15.5. The molecular formula is C14H18F3NO. The molecule has 1 amide bonds. The van der Waals surface area contributed by atoms with E-state index >= 15 is 0 Å². The molecule has 19 heavy (non-hydrogen) atoms. The monoisotopic (exact) mass is 273 g/mol. The predicted octanol–water partition coefficient (Wildman–Crippen LogP) is 3.59. The number of carbonyl (C=O) groups is 1. The molecule has 0 heterocycles. The third-order valence-corrected chi connectivity index (χ3v) is 2.95. The second kappa shape index (κ2) is 6.59. The average molecular weight is 273 g/mol. The largest absolute Gasteiger partial charge is 0.406 e. The van der Waals surface area contributed by atoms with Crippen LogP contribution in [-0.4, -0.2) is 30.1 Å². The number of benzene rings is 1. The van der Waals surface area contributed by atoms with Crippen LogP contribution in [0.1, 0.15) is 31.7 Å². The van der Waals surface area contributed by atoms with Crippen LogP contribution < -0.4 is 0 Å². The van der Waals surface area contributed by atoms with Crippen LogP contribution in [0, 0.1) is 0 Å². The Bertz CT molecular complexity index is 403. The third kappa shape index (κ3) is 5.32. The Labute approximate surface area is 111 Å². The molecule has 5 heteroatoms. The second-order valence-corrected chi connectivity index (χ2v) is 4.54. The molecule has 0 saturated heterocycles. The van der Waals surface area contributed by atoms with E-state index in [9.17, 15) is 18.0 Å². The normalized spacial score (nSPS) is 13.1. The molecule has 1 atom stereocenters. The van der Waals surface area contributed by atoms with Crippen LogP contribution in [0.4, 0.5) is 13.2 Å². The summed E-state index contributed by atoms with van der Waals surface area (Å²) in [5.41, 5.74) is 0.957. The topological polar surface area (TPSA) is 20.3 Å². The summed E-state index contributed by atoms with van der Waals surface area (Å²) < 4.78 is 37.0. The highest BCUT2D eigenvalue weighted by Crippen LogP contribution is 2.22. The van der Waals surface area contributed by atoms with Gasteiger partial charge in [0.05, 0.1) is 0 Å². The van der Waals surface area contributed by atoms with E-state index in [1.165, 1.54) is 0 Å². The number of rotatable bonds is 5. The van der Waals surface area contributed by atoms with Gasteiger partial charge in [-0.2, -0.15) is 13.2 Å². The minimum Gasteiger partial charge on any atom is -0.334 e. The van der Waals surface area contributed by atoms with Gasteiger partial charge in [0.25, 0.3) is 0 Å². The highest BCUT2D eigenvalue weighted by atomic mass is 19.4. The highest BCUT2D eigenvalue weighted by molar-refractivity contribution is 5.77. The minimum absolute atomic E-state index is 0.0693. The van der Waals surface area contributed by atoms with Gasteiger partial charge in [0.2, 0.25) is 5.91 Å². The van der Waals surface area contributed by atoms with E-state index in [2.05, 4.69) is 0 Å². The zero-order valence-electron chi connectivity index (χ0n) is 11.1. The van der Waals surface area contributed by atoms with Gasteiger partial charge in [0.15, 0.2) is 0 Å². The molecule has 0 radical (unpaired) electrons. The van der Waals surface area contributed by atoms with Gasteiger partial charge in [-0.3, -0.25) is 4.79 Å². The van der Waals surface area contributed by atoms with E-state index in [0.717, 1.165) is 10.5 Å². The smallest absolute Gasteiger partial charge is 0.334 e. The van der Waals surface area contributed by atoms with Crippen molar-refractivity contribution in [3.8, 4) is 0 Å². The fraction of sp³-hybridized carbons (Fsp3) is 0.500. The maximum atomic E-state index is 12.3. The summed E-state index contributed by atoms with van der Waals surface area (Å²) in [7, 11) is 0. The molecule has 0 aliphatic rings. The molecule has 1 aromatic rings. The fourth-order valence-electron chi connectivity index (χ4n) is 1.88. The molecule has 0 saturated carbocycles. The molecule has 0 aromatic heterocycles. The average Bonchev–Trinajstić information content (AvgIpc) is 2.35. The van der Waals surface area contributed by atoms with Crippen LogP contribution in [0.15, 0.2) is 30.3 Å². The van der Waals surface area contributed by atoms with Crippen LogP contribution in [-0.2, 0) is 4.79 Å². The lowest BCUT2D eigenvalue weighted by atomic mass is 9.97. The van der Waals surface area contributed by atoms with Crippen molar-refractivity contribution in [1.29, 1.82) is 0 Å². The molecule has 0 spiro atoms. The summed E-state index contributed by atoms with van der Waals surface area (Å²) in [5, 5.41) is 0. The Morgan fingerprint density at radius 3 is 2.32 bits per heavy atom. The fourth-order valence-corrected chi connectivity index (χ4v) is 1.88. The number of hydrogen-bond donors (Lipinski definition) is 0. The van der Waals surface area contributed by atoms with Crippen LogP contribution in [0.25, 0.3) is 0 Å². The van der Waals surface area contributed by atoms with E-state index in [0.29, 0.717) is 0 Å². The Hall–Kier alpha value is -1.52. The van der Waals surface area contributed by atoms with Crippen LogP contribution >= 0.6 is 0 Å². The first-order valence-corrected chi connectivity index (χ1v) is 6.23. The zero-order chi connectivity index (χ0) is 14.5. The lowest BCUT2D eigenvalue weighted by Gasteiger charge is -2.24. The molecule has 1 rings (SSSR count). The Balaban J connectivity index is 2.62. The molecule has 0 fully saturated rings. The molecule has 0 aliphatic carbocycles. The van der Waals surface area contributed by atoms with E-state index in [-0.39, 0.29) is 18.9 Å². The number of carbonyl (C=O) groups excluding carboxylic acids is 1. The van der Waals surface area contributed by atoms with Gasteiger partial charge in [0, 0.05) is 13.0 Å². The van der Waals surface area contributed by atoms with Crippen molar-refractivity contribution in [3.05, 3.63) is 35.9 Å². The van der Waals surface area contributed by atoms with Crippen molar-refractivity contribution < 1.29 is 18.0 Å². The van der Waals surface area contributed by atoms with Crippen LogP contribution in [0.5, 0.6) is 0 Å². The molecule has 0 aliphatic heterocycles. The lowest BCUT2D eigenvalue weighted by molar-refractivity contribution is -0.161. The number of halogens is 3. The van der Waals surface area contributed by atoms with Gasteiger partial charge >= 0.3 is 6.18 Å². The van der Waals surface area contributed by atoms with Gasteiger partial charge in [-0.05, 0) is 18.4 Å². The van der Waals surface area contributed by atoms with E-state index in [4.69, 9.17) is 0 Å². The zero-order valence-corrected chi connectivity index (χ0v) is 11.1. The quantitative estimate of drug-likeness (QED) is 0.802. The number of hydrogen-bond acceptors (Lipinski definition) is 1. The second-order valence-electron chi connectivity index (χ2n) is 4.54. The summed E-state index contributed by atoms with van der Waals surface area (Å²) in [4.78, 5) is 12.7. The summed E-state index contributed by atoms with van der Waals surface area (Å²) in [5.74, 6) is -0.549. The summed E-state index contributed by atoms with van der Waals surface area (Å²) in [6.07, 6.45) is -4.25. The van der Waals surface area contributed by atoms with Crippen molar-refractivity contribution in [2.75, 3.05) is 13.1 Å². The SMILES string of the molecule is CCN(CC(F)(F)F)C(=O)CC(C)c1ccccc1. The maximum Gasteiger partial charge on any atom is 0.406 e. The van der Waals surface area contributed by atoms with Gasteiger partial charge in [-0.1, -0.05) is 37.3 Å².